The van der Waals surface area contributed by atoms with Gasteiger partial charge in [-0.1, -0.05) is 25.4 Å². The molecule has 0 aliphatic rings. The Bertz CT molecular complexity index is 1630. The van der Waals surface area contributed by atoms with E-state index in [2.05, 4.69) is 15.2 Å². The highest BCUT2D eigenvalue weighted by atomic mass is 35.5. The number of aromatic amines is 1. The fourth-order valence-electron chi connectivity index (χ4n) is 4.17. The van der Waals surface area contributed by atoms with Crippen molar-refractivity contribution >= 4 is 33.5 Å². The summed E-state index contributed by atoms with van der Waals surface area (Å²) in [5.41, 5.74) is 1.93. The Morgan fingerprint density at radius 2 is 1.97 bits per heavy atom. The van der Waals surface area contributed by atoms with E-state index >= 15 is 0 Å². The van der Waals surface area contributed by atoms with Crippen LogP contribution in [0.5, 0.6) is 0 Å². The van der Waals surface area contributed by atoms with E-state index in [1.165, 1.54) is 7.05 Å². The summed E-state index contributed by atoms with van der Waals surface area (Å²) in [4.78, 5) is 29.5. The van der Waals surface area contributed by atoms with Crippen LogP contribution in [0.15, 0.2) is 40.3 Å². The second kappa shape index (κ2) is 7.73. The van der Waals surface area contributed by atoms with Gasteiger partial charge in [-0.25, -0.2) is 4.79 Å². The standard InChI is InChI=1S/C22H23ClN8O2/c1-12(2)9-30-19-17(21(32)29(4)22(30)33)18(20-26-25-11-28(20)3)31(27-19)10-13-8-24-16-6-5-14(23)7-15(13)16/h5-8,11-12,24H,9-10H2,1-4H3. The molecule has 1 N–H and O–H groups in total. The number of nitrogens with one attached hydrogen (secondary N) is 1. The van der Waals surface area contributed by atoms with Gasteiger partial charge in [0.15, 0.2) is 11.5 Å². The first kappa shape index (κ1) is 21.2. The Morgan fingerprint density at radius 3 is 2.67 bits per heavy atom. The smallest absolute Gasteiger partial charge is 0.332 e. The van der Waals surface area contributed by atoms with Crippen LogP contribution in [0.4, 0.5) is 0 Å². The Labute approximate surface area is 193 Å². The van der Waals surface area contributed by atoms with Gasteiger partial charge in [-0.3, -0.25) is 18.6 Å². The maximum atomic E-state index is 13.3. The predicted octanol–water partition coefficient (Wildman–Crippen LogP) is 2.53. The van der Waals surface area contributed by atoms with E-state index in [0.717, 1.165) is 21.0 Å². The molecular formula is C22H23ClN8O2. The van der Waals surface area contributed by atoms with Crippen molar-refractivity contribution in [1.29, 1.82) is 0 Å². The van der Waals surface area contributed by atoms with Crippen LogP contribution in [0, 0.1) is 5.92 Å². The molecule has 5 rings (SSSR count). The minimum Gasteiger partial charge on any atom is -0.361 e. The van der Waals surface area contributed by atoms with Crippen molar-refractivity contribution in [2.45, 2.75) is 26.9 Å². The number of aromatic nitrogens is 8. The summed E-state index contributed by atoms with van der Waals surface area (Å²) in [6.07, 6.45) is 3.46. The van der Waals surface area contributed by atoms with Crippen LogP contribution in [-0.4, -0.2) is 38.7 Å². The zero-order valence-electron chi connectivity index (χ0n) is 18.7. The monoisotopic (exact) mass is 466 g/mol. The lowest BCUT2D eigenvalue weighted by Gasteiger charge is -2.10. The van der Waals surface area contributed by atoms with Gasteiger partial charge in [-0.2, -0.15) is 5.10 Å². The molecule has 0 saturated heterocycles. The highest BCUT2D eigenvalue weighted by molar-refractivity contribution is 6.31. The third kappa shape index (κ3) is 3.37. The number of aryl methyl sites for hydroxylation is 1. The predicted molar refractivity (Wildman–Crippen MR) is 126 cm³/mol. The second-order valence-electron chi connectivity index (χ2n) is 8.63. The normalized spacial score (nSPS) is 11.9. The van der Waals surface area contributed by atoms with Crippen molar-refractivity contribution in [3.05, 3.63) is 62.1 Å². The van der Waals surface area contributed by atoms with Gasteiger partial charge in [0.25, 0.3) is 5.56 Å². The number of nitrogens with zero attached hydrogens (tertiary/aromatic N) is 7. The van der Waals surface area contributed by atoms with E-state index in [-0.39, 0.29) is 5.92 Å². The molecule has 5 aromatic rings. The summed E-state index contributed by atoms with van der Waals surface area (Å²) in [6, 6.07) is 5.63. The van der Waals surface area contributed by atoms with Crippen LogP contribution in [0.25, 0.3) is 33.5 Å². The van der Waals surface area contributed by atoms with Gasteiger partial charge >= 0.3 is 5.69 Å². The van der Waals surface area contributed by atoms with E-state index in [1.807, 2.05) is 38.2 Å². The average Bonchev–Trinajstić information content (AvgIpc) is 3.47. The lowest BCUT2D eigenvalue weighted by molar-refractivity contribution is 0.498. The number of benzene rings is 1. The van der Waals surface area contributed by atoms with Crippen LogP contribution in [0.1, 0.15) is 19.4 Å². The summed E-state index contributed by atoms with van der Waals surface area (Å²) >= 11 is 6.23. The van der Waals surface area contributed by atoms with Gasteiger partial charge in [0.2, 0.25) is 0 Å². The first-order chi connectivity index (χ1) is 15.8. The molecule has 170 valence electrons. The van der Waals surface area contributed by atoms with Crippen molar-refractivity contribution in [2.24, 2.45) is 20.0 Å². The summed E-state index contributed by atoms with van der Waals surface area (Å²) in [6.45, 7) is 4.80. The molecule has 0 atom stereocenters. The largest absolute Gasteiger partial charge is 0.361 e. The molecule has 0 unspecified atom stereocenters. The number of hydrogen-bond acceptors (Lipinski definition) is 5. The highest BCUT2D eigenvalue weighted by Crippen LogP contribution is 2.28. The maximum absolute atomic E-state index is 13.3. The highest BCUT2D eigenvalue weighted by Gasteiger charge is 2.25. The molecule has 4 aromatic heterocycles. The van der Waals surface area contributed by atoms with Gasteiger partial charge in [-0.15, -0.1) is 10.2 Å². The SMILES string of the molecule is CC(C)Cn1c(=O)n(C)c(=O)c2c(-c3nncn3C)n(Cc3c[nH]c4ccc(Cl)cc34)nc21. The molecular weight excluding hydrogens is 444 g/mol. The molecule has 0 bridgehead atoms. The number of hydrogen-bond donors (Lipinski definition) is 1. The zero-order chi connectivity index (χ0) is 23.4. The van der Waals surface area contributed by atoms with Crippen molar-refractivity contribution in [3.63, 3.8) is 0 Å². The van der Waals surface area contributed by atoms with Crippen LogP contribution < -0.4 is 11.2 Å². The van der Waals surface area contributed by atoms with E-state index in [9.17, 15) is 9.59 Å². The zero-order valence-corrected chi connectivity index (χ0v) is 19.5. The quantitative estimate of drug-likeness (QED) is 0.428. The topological polar surface area (TPSA) is 108 Å². The number of halogens is 1. The molecule has 0 amide bonds. The third-order valence-electron chi connectivity index (χ3n) is 5.75. The molecule has 0 fully saturated rings. The summed E-state index contributed by atoms with van der Waals surface area (Å²) in [7, 11) is 3.29. The number of fused-ring (bicyclic) bond motifs is 2. The lowest BCUT2D eigenvalue weighted by Crippen LogP contribution is -2.38. The van der Waals surface area contributed by atoms with E-state index in [0.29, 0.717) is 40.7 Å². The molecule has 0 spiro atoms. The molecule has 4 heterocycles. The Hall–Kier alpha value is -3.66. The van der Waals surface area contributed by atoms with Crippen molar-refractivity contribution < 1.29 is 0 Å². The Balaban J connectivity index is 1.84. The minimum atomic E-state index is -0.416. The molecule has 0 radical (unpaired) electrons. The van der Waals surface area contributed by atoms with E-state index in [1.54, 1.807) is 27.2 Å². The second-order valence-corrected chi connectivity index (χ2v) is 9.06. The van der Waals surface area contributed by atoms with Crippen molar-refractivity contribution in [3.8, 4) is 11.5 Å². The molecule has 1 aromatic carbocycles. The number of H-pyrrole nitrogens is 1. The molecule has 0 aliphatic carbocycles. The van der Waals surface area contributed by atoms with Gasteiger partial charge in [-0.05, 0) is 29.7 Å². The summed E-state index contributed by atoms with van der Waals surface area (Å²) < 4.78 is 6.14. The lowest BCUT2D eigenvalue weighted by atomic mass is 10.1. The van der Waals surface area contributed by atoms with Gasteiger partial charge in [0.05, 0.1) is 6.54 Å². The molecule has 10 nitrogen and oxygen atoms in total. The third-order valence-corrected chi connectivity index (χ3v) is 5.98. The van der Waals surface area contributed by atoms with Gasteiger partial charge < -0.3 is 9.55 Å². The van der Waals surface area contributed by atoms with Crippen LogP contribution in [-0.2, 0) is 27.2 Å². The minimum absolute atomic E-state index is 0.183. The maximum Gasteiger partial charge on any atom is 0.332 e. The van der Waals surface area contributed by atoms with Gasteiger partial charge in [0, 0.05) is 42.8 Å². The van der Waals surface area contributed by atoms with Crippen LogP contribution in [0.2, 0.25) is 5.02 Å². The average molecular weight is 467 g/mol. The van der Waals surface area contributed by atoms with Crippen molar-refractivity contribution in [1.82, 2.24) is 38.7 Å². The Morgan fingerprint density at radius 1 is 1.18 bits per heavy atom. The van der Waals surface area contributed by atoms with E-state index in [4.69, 9.17) is 16.7 Å². The summed E-state index contributed by atoms with van der Waals surface area (Å²) in [5, 5.41) is 14.9. The first-order valence-electron chi connectivity index (χ1n) is 10.6. The van der Waals surface area contributed by atoms with E-state index < -0.39 is 11.2 Å². The number of rotatable bonds is 5. The first-order valence-corrected chi connectivity index (χ1v) is 10.9. The van der Waals surface area contributed by atoms with Crippen LogP contribution in [0.3, 0.4) is 0 Å². The summed E-state index contributed by atoms with van der Waals surface area (Å²) in [5.74, 6) is 0.671. The fraction of sp³-hybridized carbons (Fsp3) is 0.318. The molecule has 11 heteroatoms. The fourth-order valence-corrected chi connectivity index (χ4v) is 4.35. The Kier molecular flexibility index (Phi) is 4.97. The molecule has 33 heavy (non-hydrogen) atoms. The molecule has 0 aliphatic heterocycles. The van der Waals surface area contributed by atoms with Gasteiger partial charge in [0.1, 0.15) is 17.4 Å². The van der Waals surface area contributed by atoms with Crippen molar-refractivity contribution in [2.75, 3.05) is 0 Å². The van der Waals surface area contributed by atoms with Crippen LogP contribution >= 0.6 is 11.6 Å². The molecule has 0 saturated carbocycles.